The number of carbonyl (C=O) groups excluding carboxylic acids is 1. The highest BCUT2D eigenvalue weighted by Crippen LogP contribution is 2.34. The Labute approximate surface area is 177 Å². The first kappa shape index (κ1) is 19.9. The van der Waals surface area contributed by atoms with Crippen LogP contribution in [0.1, 0.15) is 39.2 Å². The zero-order chi connectivity index (χ0) is 21.3. The molecule has 0 unspecified atom stereocenters. The first-order valence-electron chi connectivity index (χ1n) is 9.33. The monoisotopic (exact) mass is 421 g/mol. The third kappa shape index (κ3) is 4.00. The van der Waals surface area contributed by atoms with Gasteiger partial charge in [0.2, 0.25) is 0 Å². The summed E-state index contributed by atoms with van der Waals surface area (Å²) in [6, 6.07) is 4.91. The molecule has 0 atom stereocenters. The van der Waals surface area contributed by atoms with Crippen molar-refractivity contribution in [3.63, 3.8) is 0 Å². The van der Waals surface area contributed by atoms with Crippen LogP contribution in [0.3, 0.4) is 0 Å². The lowest BCUT2D eigenvalue weighted by Gasteiger charge is -2.18. The van der Waals surface area contributed by atoms with Crippen LogP contribution >= 0.6 is 11.6 Å². The third-order valence-corrected chi connectivity index (χ3v) is 5.12. The van der Waals surface area contributed by atoms with Crippen molar-refractivity contribution in [2.24, 2.45) is 0 Å². The number of carbonyl (C=O) groups is 1. The second kappa shape index (κ2) is 8.16. The van der Waals surface area contributed by atoms with Gasteiger partial charge in [-0.3, -0.25) is 19.6 Å². The number of ketones is 1. The quantitative estimate of drug-likeness (QED) is 0.489. The van der Waals surface area contributed by atoms with E-state index in [1.54, 1.807) is 12.3 Å². The predicted molar refractivity (Wildman–Crippen MR) is 115 cm³/mol. The molecule has 0 saturated carbocycles. The first-order chi connectivity index (χ1) is 14.4. The second-order valence-corrected chi connectivity index (χ2v) is 7.53. The maximum atomic E-state index is 13.4. The number of nitrogens with one attached hydrogen (secondary N) is 1. The summed E-state index contributed by atoms with van der Waals surface area (Å²) >= 11 is 6.27. The van der Waals surface area contributed by atoms with Crippen LogP contribution in [0.2, 0.25) is 0 Å². The van der Waals surface area contributed by atoms with E-state index in [1.807, 2.05) is 19.1 Å². The van der Waals surface area contributed by atoms with E-state index >= 15 is 0 Å². The number of aryl methyl sites for hydroxylation is 2. The van der Waals surface area contributed by atoms with Gasteiger partial charge in [0.05, 0.1) is 17.5 Å². The van der Waals surface area contributed by atoms with E-state index in [4.69, 9.17) is 11.6 Å². The van der Waals surface area contributed by atoms with Gasteiger partial charge in [-0.25, -0.2) is 4.39 Å². The molecule has 0 saturated heterocycles. The van der Waals surface area contributed by atoms with Crippen LogP contribution in [0, 0.1) is 12.7 Å². The molecule has 3 aromatic rings. The normalized spacial score (nSPS) is 13.2. The number of pyridine rings is 3. The number of hydrogen-bond donors (Lipinski definition) is 1. The molecule has 1 N–H and O–H groups in total. The molecule has 0 fully saturated rings. The second-order valence-electron chi connectivity index (χ2n) is 7.04. The lowest BCUT2D eigenvalue weighted by Crippen LogP contribution is -2.23. The Bertz CT molecular complexity index is 1280. The number of aromatic amines is 1. The van der Waals surface area contributed by atoms with E-state index in [9.17, 15) is 14.0 Å². The largest absolute Gasteiger partial charge is 0.325 e. The Kier molecular flexibility index (Phi) is 5.42. The summed E-state index contributed by atoms with van der Waals surface area (Å²) in [5.74, 6) is -1.03. The number of hydrogen-bond acceptors (Lipinski definition) is 4. The SMILES string of the molecule is Cc1ccnc(-c2c3c([nH]c(=O)c2C(=O)/C=C/c2cncc(F)c2)CCC(Cl)=C3)c1. The minimum atomic E-state index is -0.517. The summed E-state index contributed by atoms with van der Waals surface area (Å²) in [7, 11) is 0. The Balaban J connectivity index is 1.90. The summed E-state index contributed by atoms with van der Waals surface area (Å²) in [4.78, 5) is 36.9. The highest BCUT2D eigenvalue weighted by Gasteiger charge is 2.24. The molecule has 5 nitrogen and oxygen atoms in total. The summed E-state index contributed by atoms with van der Waals surface area (Å²) in [6.07, 6.45) is 9.75. The Morgan fingerprint density at radius 3 is 2.87 bits per heavy atom. The molecule has 0 aromatic carbocycles. The molecule has 0 radical (unpaired) electrons. The average Bonchev–Trinajstić information content (AvgIpc) is 2.71. The molecule has 1 aliphatic carbocycles. The number of aromatic nitrogens is 3. The third-order valence-electron chi connectivity index (χ3n) is 4.82. The van der Waals surface area contributed by atoms with Gasteiger partial charge < -0.3 is 4.98 Å². The van der Waals surface area contributed by atoms with Gasteiger partial charge in [-0.15, -0.1) is 0 Å². The van der Waals surface area contributed by atoms with Gasteiger partial charge in [-0.1, -0.05) is 11.6 Å². The van der Waals surface area contributed by atoms with Crippen molar-refractivity contribution in [2.75, 3.05) is 0 Å². The zero-order valence-electron chi connectivity index (χ0n) is 16.1. The molecular weight excluding hydrogens is 405 g/mol. The topological polar surface area (TPSA) is 75.7 Å². The molecule has 7 heteroatoms. The molecule has 30 heavy (non-hydrogen) atoms. The molecule has 3 heterocycles. The number of halogens is 2. The highest BCUT2D eigenvalue weighted by molar-refractivity contribution is 6.32. The van der Waals surface area contributed by atoms with Crippen LogP contribution < -0.4 is 5.56 Å². The first-order valence-corrected chi connectivity index (χ1v) is 9.71. The highest BCUT2D eigenvalue weighted by atomic mass is 35.5. The smallest absolute Gasteiger partial charge is 0.260 e. The molecule has 3 aromatic heterocycles. The van der Waals surface area contributed by atoms with Crippen LogP contribution in [-0.2, 0) is 6.42 Å². The van der Waals surface area contributed by atoms with Crippen molar-refractivity contribution in [1.82, 2.24) is 15.0 Å². The lowest BCUT2D eigenvalue weighted by atomic mass is 9.90. The maximum Gasteiger partial charge on any atom is 0.260 e. The standard InChI is InChI=1S/C23H17ClFN3O2/c1-13-6-7-27-19(8-13)21-17-10-15(24)3-4-18(17)28-23(30)22(21)20(29)5-2-14-9-16(25)12-26-11-14/h2,5-12H,3-4H2,1H3,(H,28,30)/b5-2+. The van der Waals surface area contributed by atoms with E-state index in [-0.39, 0.29) is 5.56 Å². The average molecular weight is 422 g/mol. The molecule has 0 amide bonds. The molecular formula is C23H17ClFN3O2. The van der Waals surface area contributed by atoms with Gasteiger partial charge in [-0.05, 0) is 67.3 Å². The van der Waals surface area contributed by atoms with Crippen molar-refractivity contribution >= 4 is 29.5 Å². The van der Waals surface area contributed by atoms with Crippen molar-refractivity contribution in [2.45, 2.75) is 19.8 Å². The van der Waals surface area contributed by atoms with Crippen LogP contribution in [0.5, 0.6) is 0 Å². The van der Waals surface area contributed by atoms with Crippen LogP contribution in [-0.4, -0.2) is 20.7 Å². The fourth-order valence-corrected chi connectivity index (χ4v) is 3.65. The van der Waals surface area contributed by atoms with Gasteiger partial charge in [-0.2, -0.15) is 0 Å². The number of nitrogens with zero attached hydrogens (tertiary/aromatic N) is 2. The van der Waals surface area contributed by atoms with E-state index in [0.717, 1.165) is 17.5 Å². The van der Waals surface area contributed by atoms with E-state index in [0.29, 0.717) is 40.3 Å². The van der Waals surface area contributed by atoms with Crippen LogP contribution in [0.25, 0.3) is 23.4 Å². The Morgan fingerprint density at radius 1 is 1.27 bits per heavy atom. The van der Waals surface area contributed by atoms with Crippen LogP contribution in [0.4, 0.5) is 4.39 Å². The molecule has 0 spiro atoms. The van der Waals surface area contributed by atoms with Gasteiger partial charge in [0.1, 0.15) is 5.82 Å². The van der Waals surface area contributed by atoms with E-state index in [2.05, 4.69) is 15.0 Å². The molecule has 4 rings (SSSR count). The summed E-state index contributed by atoms with van der Waals surface area (Å²) in [5, 5.41) is 0.642. The molecule has 0 bridgehead atoms. The molecule has 150 valence electrons. The van der Waals surface area contributed by atoms with Gasteiger partial charge >= 0.3 is 0 Å². The molecule has 0 aliphatic heterocycles. The predicted octanol–water partition coefficient (Wildman–Crippen LogP) is 4.70. The fourth-order valence-electron chi connectivity index (χ4n) is 3.44. The lowest BCUT2D eigenvalue weighted by molar-refractivity contribution is 0.104. The minimum absolute atomic E-state index is 0.0323. The summed E-state index contributed by atoms with van der Waals surface area (Å²) in [5.41, 5.74) is 3.20. The fraction of sp³-hybridized carbons (Fsp3) is 0.130. The summed E-state index contributed by atoms with van der Waals surface area (Å²) < 4.78 is 13.4. The van der Waals surface area contributed by atoms with E-state index < -0.39 is 17.2 Å². The van der Waals surface area contributed by atoms with Gasteiger partial charge in [0.25, 0.3) is 5.56 Å². The molecule has 1 aliphatic rings. The van der Waals surface area contributed by atoms with Crippen LogP contribution in [0.15, 0.2) is 52.7 Å². The number of allylic oxidation sites excluding steroid dienone is 2. The number of fused-ring (bicyclic) bond motifs is 1. The van der Waals surface area contributed by atoms with E-state index in [1.165, 1.54) is 24.4 Å². The van der Waals surface area contributed by atoms with Crippen molar-refractivity contribution < 1.29 is 9.18 Å². The summed E-state index contributed by atoms with van der Waals surface area (Å²) in [6.45, 7) is 1.91. The Hall–Kier alpha value is -3.38. The number of rotatable bonds is 4. The van der Waals surface area contributed by atoms with Gasteiger partial charge in [0.15, 0.2) is 5.78 Å². The van der Waals surface area contributed by atoms with Gasteiger partial charge in [0, 0.05) is 34.2 Å². The van der Waals surface area contributed by atoms with Crippen molar-refractivity contribution in [3.05, 3.63) is 92.0 Å². The van der Waals surface area contributed by atoms with Crippen molar-refractivity contribution in [3.8, 4) is 11.3 Å². The minimum Gasteiger partial charge on any atom is -0.325 e. The maximum absolute atomic E-state index is 13.4. The zero-order valence-corrected chi connectivity index (χ0v) is 16.8. The Morgan fingerprint density at radius 2 is 2.10 bits per heavy atom. The van der Waals surface area contributed by atoms with Crippen molar-refractivity contribution in [1.29, 1.82) is 0 Å². The number of H-pyrrole nitrogens is 1.